The van der Waals surface area contributed by atoms with E-state index >= 15 is 0 Å². The molecule has 0 aliphatic rings. The Morgan fingerprint density at radius 2 is 1.77 bits per heavy atom. The third kappa shape index (κ3) is 5.85. The highest BCUT2D eigenvalue weighted by molar-refractivity contribution is 6.02. The molecule has 39 heavy (non-hydrogen) atoms. The fraction of sp³-hybridized carbons (Fsp3) is 0.148. The second-order valence-electron chi connectivity index (χ2n) is 8.88. The maximum Gasteiger partial charge on any atom is 0.323 e. The van der Waals surface area contributed by atoms with Crippen molar-refractivity contribution in [2.75, 3.05) is 16.0 Å². The summed E-state index contributed by atoms with van der Waals surface area (Å²) in [6.45, 7) is 5.29. The SMILES string of the molecule is CC(=O)Nc1cc(Oc2ccc(NC(=O)Nc3cn(C(C)C)nc3-c3ccc4ocnc4c3)c(F)c2)ccn1. The smallest absolute Gasteiger partial charge is 0.323 e. The lowest BCUT2D eigenvalue weighted by Crippen LogP contribution is -2.20. The van der Waals surface area contributed by atoms with Crippen molar-refractivity contribution in [2.24, 2.45) is 0 Å². The van der Waals surface area contributed by atoms with Gasteiger partial charge in [-0.05, 0) is 50.2 Å². The van der Waals surface area contributed by atoms with Gasteiger partial charge in [0.25, 0.3) is 0 Å². The van der Waals surface area contributed by atoms with E-state index < -0.39 is 11.8 Å². The first-order chi connectivity index (χ1) is 18.7. The summed E-state index contributed by atoms with van der Waals surface area (Å²) in [5.41, 5.74) is 2.95. The zero-order chi connectivity index (χ0) is 27.5. The van der Waals surface area contributed by atoms with Gasteiger partial charge in [0.1, 0.15) is 34.3 Å². The average Bonchev–Trinajstić information content (AvgIpc) is 3.52. The number of hydrogen-bond acceptors (Lipinski definition) is 7. The van der Waals surface area contributed by atoms with Gasteiger partial charge in [-0.2, -0.15) is 5.10 Å². The van der Waals surface area contributed by atoms with E-state index in [9.17, 15) is 14.0 Å². The van der Waals surface area contributed by atoms with Crippen LogP contribution in [0.3, 0.4) is 0 Å². The Hall–Kier alpha value is -5.26. The van der Waals surface area contributed by atoms with E-state index in [1.54, 1.807) is 23.0 Å². The molecule has 5 aromatic rings. The third-order valence-electron chi connectivity index (χ3n) is 5.57. The van der Waals surface area contributed by atoms with Crippen molar-refractivity contribution in [3.8, 4) is 22.8 Å². The highest BCUT2D eigenvalue weighted by Gasteiger charge is 2.17. The van der Waals surface area contributed by atoms with Crippen molar-refractivity contribution in [2.45, 2.75) is 26.8 Å². The molecule has 2 aromatic carbocycles. The normalized spacial score (nSPS) is 11.0. The standard InChI is InChI=1S/C27H24FN7O4/c1-15(2)35-13-23(26(34-35)17-4-7-24-22(10-17)30-14-38-24)33-27(37)32-21-6-5-18(11-20(21)28)39-19-8-9-29-25(12-19)31-16(3)36/h4-15H,1-3H3,(H,29,31,36)(H2,32,33,37). The minimum atomic E-state index is -0.701. The summed E-state index contributed by atoms with van der Waals surface area (Å²) in [6.07, 6.45) is 4.53. The van der Waals surface area contributed by atoms with E-state index in [0.29, 0.717) is 34.0 Å². The lowest BCUT2D eigenvalue weighted by atomic mass is 10.1. The number of ether oxygens (including phenoxy) is 1. The number of nitrogens with one attached hydrogen (secondary N) is 3. The molecule has 0 fully saturated rings. The van der Waals surface area contributed by atoms with Crippen molar-refractivity contribution in [1.29, 1.82) is 0 Å². The number of aromatic nitrogens is 4. The highest BCUT2D eigenvalue weighted by atomic mass is 19.1. The lowest BCUT2D eigenvalue weighted by molar-refractivity contribution is -0.114. The predicted octanol–water partition coefficient (Wildman–Crippen LogP) is 6.20. The van der Waals surface area contributed by atoms with Crippen molar-refractivity contribution >= 4 is 40.2 Å². The molecule has 0 radical (unpaired) electrons. The Morgan fingerprint density at radius 3 is 2.54 bits per heavy atom. The van der Waals surface area contributed by atoms with Gasteiger partial charge in [-0.1, -0.05) is 0 Å². The van der Waals surface area contributed by atoms with Gasteiger partial charge in [0.15, 0.2) is 12.0 Å². The van der Waals surface area contributed by atoms with E-state index in [4.69, 9.17) is 9.15 Å². The second-order valence-corrected chi connectivity index (χ2v) is 8.88. The van der Waals surface area contributed by atoms with Gasteiger partial charge in [0, 0.05) is 43.1 Å². The van der Waals surface area contributed by atoms with Gasteiger partial charge in [0.2, 0.25) is 5.91 Å². The second kappa shape index (κ2) is 10.6. The van der Waals surface area contributed by atoms with E-state index in [1.165, 1.54) is 37.7 Å². The molecular formula is C27H24FN7O4. The number of fused-ring (bicyclic) bond motifs is 1. The average molecular weight is 530 g/mol. The first kappa shape index (κ1) is 25.4. The minimum absolute atomic E-state index is 0.0397. The first-order valence-corrected chi connectivity index (χ1v) is 12.0. The molecule has 3 heterocycles. The number of nitrogens with zero attached hydrogens (tertiary/aromatic N) is 4. The van der Waals surface area contributed by atoms with Crippen LogP contribution in [0.25, 0.3) is 22.4 Å². The Bertz CT molecular complexity index is 1680. The van der Waals surface area contributed by atoms with Crippen LogP contribution in [-0.2, 0) is 4.79 Å². The van der Waals surface area contributed by atoms with E-state index in [2.05, 4.69) is 31.0 Å². The summed E-state index contributed by atoms with van der Waals surface area (Å²) in [5, 5.41) is 12.5. The van der Waals surface area contributed by atoms with Crippen molar-refractivity contribution in [1.82, 2.24) is 19.7 Å². The summed E-state index contributed by atoms with van der Waals surface area (Å²) in [4.78, 5) is 32.3. The molecule has 5 rings (SSSR count). The van der Waals surface area contributed by atoms with Gasteiger partial charge in [-0.3, -0.25) is 9.48 Å². The highest BCUT2D eigenvalue weighted by Crippen LogP contribution is 2.31. The molecular weight excluding hydrogens is 505 g/mol. The summed E-state index contributed by atoms with van der Waals surface area (Å²) in [6, 6.07) is 11.9. The largest absolute Gasteiger partial charge is 0.457 e. The zero-order valence-electron chi connectivity index (χ0n) is 21.2. The van der Waals surface area contributed by atoms with Gasteiger partial charge < -0.3 is 25.1 Å². The Labute approximate surface area is 222 Å². The van der Waals surface area contributed by atoms with Crippen LogP contribution in [0.5, 0.6) is 11.5 Å². The molecule has 0 bridgehead atoms. The fourth-order valence-corrected chi connectivity index (χ4v) is 3.76. The molecule has 3 N–H and O–H groups in total. The Morgan fingerprint density at radius 1 is 0.974 bits per heavy atom. The molecule has 198 valence electrons. The Balaban J connectivity index is 1.31. The number of rotatable bonds is 7. The number of oxazole rings is 1. The number of urea groups is 1. The van der Waals surface area contributed by atoms with Gasteiger partial charge in [-0.15, -0.1) is 0 Å². The van der Waals surface area contributed by atoms with Gasteiger partial charge in [-0.25, -0.2) is 19.2 Å². The monoisotopic (exact) mass is 529 g/mol. The number of hydrogen-bond donors (Lipinski definition) is 3. The summed E-state index contributed by atoms with van der Waals surface area (Å²) >= 11 is 0. The third-order valence-corrected chi connectivity index (χ3v) is 5.57. The molecule has 0 spiro atoms. The first-order valence-electron chi connectivity index (χ1n) is 12.0. The van der Waals surface area contributed by atoms with Crippen LogP contribution in [0, 0.1) is 5.82 Å². The summed E-state index contributed by atoms with van der Waals surface area (Å²) < 4.78 is 27.5. The molecule has 0 saturated carbocycles. The number of amides is 3. The molecule has 0 aliphatic carbocycles. The van der Waals surface area contributed by atoms with Crippen molar-refractivity contribution in [3.63, 3.8) is 0 Å². The van der Waals surface area contributed by atoms with Crippen LogP contribution in [0.4, 0.5) is 26.4 Å². The van der Waals surface area contributed by atoms with Crippen LogP contribution in [0.2, 0.25) is 0 Å². The summed E-state index contributed by atoms with van der Waals surface area (Å²) in [5.74, 6) is -0.128. The quantitative estimate of drug-likeness (QED) is 0.228. The lowest BCUT2D eigenvalue weighted by Gasteiger charge is -2.11. The molecule has 0 aliphatic heterocycles. The van der Waals surface area contributed by atoms with Crippen LogP contribution >= 0.6 is 0 Å². The number of pyridine rings is 1. The number of anilines is 3. The maximum atomic E-state index is 14.9. The van der Waals surface area contributed by atoms with Crippen LogP contribution in [0.15, 0.2) is 71.7 Å². The van der Waals surface area contributed by atoms with E-state index in [-0.39, 0.29) is 23.4 Å². The number of carbonyl (C=O) groups is 2. The van der Waals surface area contributed by atoms with Crippen molar-refractivity contribution < 1.29 is 23.1 Å². The molecule has 0 saturated heterocycles. The molecule has 11 nitrogen and oxygen atoms in total. The van der Waals surface area contributed by atoms with E-state index in [0.717, 1.165) is 11.6 Å². The predicted molar refractivity (Wildman–Crippen MR) is 143 cm³/mol. The maximum absolute atomic E-state index is 14.9. The van der Waals surface area contributed by atoms with E-state index in [1.807, 2.05) is 26.0 Å². The van der Waals surface area contributed by atoms with Gasteiger partial charge >= 0.3 is 6.03 Å². The van der Waals surface area contributed by atoms with Crippen LogP contribution in [-0.4, -0.2) is 31.7 Å². The molecule has 12 heteroatoms. The summed E-state index contributed by atoms with van der Waals surface area (Å²) in [7, 11) is 0. The zero-order valence-corrected chi connectivity index (χ0v) is 21.2. The van der Waals surface area contributed by atoms with Gasteiger partial charge in [0.05, 0.1) is 11.4 Å². The van der Waals surface area contributed by atoms with Crippen LogP contribution in [0.1, 0.15) is 26.8 Å². The minimum Gasteiger partial charge on any atom is -0.457 e. The molecule has 0 atom stereocenters. The molecule has 3 aromatic heterocycles. The fourth-order valence-electron chi connectivity index (χ4n) is 3.76. The molecule has 3 amide bonds. The topological polar surface area (TPSA) is 136 Å². The number of carbonyl (C=O) groups excluding carboxylic acids is 2. The Kier molecular flexibility index (Phi) is 6.91. The number of halogens is 1. The number of benzene rings is 2. The van der Waals surface area contributed by atoms with Crippen LogP contribution < -0.4 is 20.7 Å². The van der Waals surface area contributed by atoms with Crippen molar-refractivity contribution in [3.05, 3.63) is 73.1 Å². The molecule has 0 unspecified atom stereocenters.